The van der Waals surface area contributed by atoms with Crippen molar-refractivity contribution in [3.63, 3.8) is 0 Å². The number of benzene rings is 1. The normalized spacial score (nSPS) is 14.6. The molecule has 1 fully saturated rings. The molecular formula is C15H18N2O2. The van der Waals surface area contributed by atoms with Crippen molar-refractivity contribution < 1.29 is 9.47 Å². The summed E-state index contributed by atoms with van der Waals surface area (Å²) in [5, 5.41) is 1.11. The second kappa shape index (κ2) is 5.05. The maximum atomic E-state index is 5.72. The molecule has 0 saturated carbocycles. The molecule has 2 aromatic rings. The molecule has 0 unspecified atom stereocenters. The average molecular weight is 258 g/mol. The van der Waals surface area contributed by atoms with Gasteiger partial charge in [-0.1, -0.05) is 0 Å². The molecule has 0 spiro atoms. The highest BCUT2D eigenvalue weighted by atomic mass is 16.5. The van der Waals surface area contributed by atoms with Gasteiger partial charge in [-0.15, -0.1) is 0 Å². The summed E-state index contributed by atoms with van der Waals surface area (Å²) in [4.78, 5) is 6.86. The highest BCUT2D eigenvalue weighted by Crippen LogP contribution is 2.25. The SMILES string of the molecule is COc1ccc2nc(OCCN3CC3)cc(C)c2c1. The van der Waals surface area contributed by atoms with E-state index in [2.05, 4.69) is 16.8 Å². The van der Waals surface area contributed by atoms with Crippen molar-refractivity contribution in [3.8, 4) is 11.6 Å². The predicted molar refractivity (Wildman–Crippen MR) is 75.0 cm³/mol. The molecule has 0 aliphatic carbocycles. The van der Waals surface area contributed by atoms with Gasteiger partial charge in [0.05, 0.1) is 12.6 Å². The fraction of sp³-hybridized carbons (Fsp3) is 0.400. The van der Waals surface area contributed by atoms with Crippen LogP contribution in [0.25, 0.3) is 10.9 Å². The molecule has 0 amide bonds. The number of nitrogens with zero attached hydrogens (tertiary/aromatic N) is 2. The summed E-state index contributed by atoms with van der Waals surface area (Å²) >= 11 is 0. The van der Waals surface area contributed by atoms with Crippen molar-refractivity contribution >= 4 is 10.9 Å². The predicted octanol–water partition coefficient (Wildman–Crippen LogP) is 2.25. The number of hydrogen-bond acceptors (Lipinski definition) is 4. The molecule has 0 bridgehead atoms. The van der Waals surface area contributed by atoms with E-state index in [-0.39, 0.29) is 0 Å². The van der Waals surface area contributed by atoms with Crippen molar-refractivity contribution in [1.82, 2.24) is 9.88 Å². The molecule has 0 atom stereocenters. The molecule has 2 heterocycles. The average Bonchev–Trinajstić information content (AvgIpc) is 3.23. The van der Waals surface area contributed by atoms with E-state index in [0.29, 0.717) is 12.5 Å². The van der Waals surface area contributed by atoms with Gasteiger partial charge in [-0.3, -0.25) is 4.90 Å². The highest BCUT2D eigenvalue weighted by molar-refractivity contribution is 5.84. The molecule has 4 nitrogen and oxygen atoms in total. The molecular weight excluding hydrogens is 240 g/mol. The zero-order valence-electron chi connectivity index (χ0n) is 11.3. The van der Waals surface area contributed by atoms with Crippen LogP contribution in [0.1, 0.15) is 5.56 Å². The summed E-state index contributed by atoms with van der Waals surface area (Å²) < 4.78 is 11.0. The van der Waals surface area contributed by atoms with Crippen LogP contribution in [-0.2, 0) is 0 Å². The molecule has 4 heteroatoms. The maximum absolute atomic E-state index is 5.72. The largest absolute Gasteiger partial charge is 0.497 e. The fourth-order valence-electron chi connectivity index (χ4n) is 2.12. The summed E-state index contributed by atoms with van der Waals surface area (Å²) in [6.45, 7) is 6.16. The molecule has 100 valence electrons. The number of aryl methyl sites for hydroxylation is 1. The Kier molecular flexibility index (Phi) is 3.25. The van der Waals surface area contributed by atoms with Crippen molar-refractivity contribution in [2.24, 2.45) is 0 Å². The molecule has 3 rings (SSSR count). The van der Waals surface area contributed by atoms with Gasteiger partial charge in [-0.25, -0.2) is 4.98 Å². The minimum Gasteiger partial charge on any atom is -0.497 e. The Balaban J connectivity index is 1.81. The number of aromatic nitrogens is 1. The zero-order chi connectivity index (χ0) is 13.2. The Hall–Kier alpha value is -1.81. The van der Waals surface area contributed by atoms with E-state index in [1.54, 1.807) is 7.11 Å². The zero-order valence-corrected chi connectivity index (χ0v) is 11.3. The number of hydrogen-bond donors (Lipinski definition) is 0. The second-order valence-corrected chi connectivity index (χ2v) is 4.85. The molecule has 1 aromatic carbocycles. The summed E-state index contributed by atoms with van der Waals surface area (Å²) in [6.07, 6.45) is 0. The lowest BCUT2D eigenvalue weighted by molar-refractivity contribution is 0.282. The molecule has 1 aromatic heterocycles. The lowest BCUT2D eigenvalue weighted by atomic mass is 10.1. The van der Waals surface area contributed by atoms with E-state index >= 15 is 0 Å². The topological polar surface area (TPSA) is 34.4 Å². The van der Waals surface area contributed by atoms with Crippen molar-refractivity contribution in [3.05, 3.63) is 29.8 Å². The molecule has 19 heavy (non-hydrogen) atoms. The van der Waals surface area contributed by atoms with Gasteiger partial charge in [0, 0.05) is 31.1 Å². The first-order valence-electron chi connectivity index (χ1n) is 6.57. The van der Waals surface area contributed by atoms with Crippen LogP contribution in [0.2, 0.25) is 0 Å². The second-order valence-electron chi connectivity index (χ2n) is 4.85. The van der Waals surface area contributed by atoms with Gasteiger partial charge in [0.15, 0.2) is 0 Å². The van der Waals surface area contributed by atoms with E-state index in [4.69, 9.17) is 9.47 Å². The van der Waals surface area contributed by atoms with E-state index in [0.717, 1.165) is 28.8 Å². The fourth-order valence-corrected chi connectivity index (χ4v) is 2.12. The minimum absolute atomic E-state index is 0.702. The van der Waals surface area contributed by atoms with Gasteiger partial charge in [-0.2, -0.15) is 0 Å². The summed E-state index contributed by atoms with van der Waals surface area (Å²) in [5.74, 6) is 1.56. The van der Waals surface area contributed by atoms with Crippen LogP contribution in [-0.4, -0.2) is 43.2 Å². The van der Waals surface area contributed by atoms with Crippen molar-refractivity contribution in [2.75, 3.05) is 33.4 Å². The summed E-state index contributed by atoms with van der Waals surface area (Å²) in [5.41, 5.74) is 2.10. The van der Waals surface area contributed by atoms with Gasteiger partial charge in [0.25, 0.3) is 0 Å². The minimum atomic E-state index is 0.702. The van der Waals surface area contributed by atoms with Crippen LogP contribution in [0.4, 0.5) is 0 Å². The number of fused-ring (bicyclic) bond motifs is 1. The third kappa shape index (κ3) is 2.79. The van der Waals surface area contributed by atoms with Crippen LogP contribution in [0.15, 0.2) is 24.3 Å². The van der Waals surface area contributed by atoms with E-state index in [1.165, 1.54) is 13.1 Å². The smallest absolute Gasteiger partial charge is 0.214 e. The summed E-state index contributed by atoms with van der Waals surface area (Å²) in [6, 6.07) is 7.90. The Morgan fingerprint density at radius 3 is 2.84 bits per heavy atom. The molecule has 0 N–H and O–H groups in total. The number of pyridine rings is 1. The Morgan fingerprint density at radius 2 is 2.11 bits per heavy atom. The standard InChI is InChI=1S/C15H18N2O2/c1-11-9-15(19-8-7-17-5-6-17)16-14-4-3-12(18-2)10-13(11)14/h3-4,9-10H,5-8H2,1-2H3. The Morgan fingerprint density at radius 1 is 1.26 bits per heavy atom. The lowest BCUT2D eigenvalue weighted by Gasteiger charge is -2.09. The number of rotatable bonds is 5. The van der Waals surface area contributed by atoms with Gasteiger partial charge < -0.3 is 9.47 Å². The Labute approximate surface area is 113 Å². The van der Waals surface area contributed by atoms with Crippen molar-refractivity contribution in [2.45, 2.75) is 6.92 Å². The first kappa shape index (κ1) is 12.2. The molecule has 1 aliphatic rings. The number of methoxy groups -OCH3 is 1. The van der Waals surface area contributed by atoms with Gasteiger partial charge in [-0.05, 0) is 30.7 Å². The first-order chi connectivity index (χ1) is 9.26. The summed E-state index contributed by atoms with van der Waals surface area (Å²) in [7, 11) is 1.68. The molecule has 0 radical (unpaired) electrons. The van der Waals surface area contributed by atoms with Crippen LogP contribution >= 0.6 is 0 Å². The highest BCUT2D eigenvalue weighted by Gasteiger charge is 2.16. The van der Waals surface area contributed by atoms with Gasteiger partial charge in [0.2, 0.25) is 5.88 Å². The van der Waals surface area contributed by atoms with Gasteiger partial charge in [0.1, 0.15) is 12.4 Å². The monoisotopic (exact) mass is 258 g/mol. The first-order valence-corrected chi connectivity index (χ1v) is 6.57. The van der Waals surface area contributed by atoms with Crippen LogP contribution in [0, 0.1) is 6.92 Å². The maximum Gasteiger partial charge on any atom is 0.214 e. The van der Waals surface area contributed by atoms with E-state index in [1.807, 2.05) is 24.3 Å². The third-order valence-electron chi connectivity index (χ3n) is 3.40. The van der Waals surface area contributed by atoms with Gasteiger partial charge >= 0.3 is 0 Å². The molecule has 1 aliphatic heterocycles. The van der Waals surface area contributed by atoms with Crippen molar-refractivity contribution in [1.29, 1.82) is 0 Å². The van der Waals surface area contributed by atoms with E-state index in [9.17, 15) is 0 Å². The number of ether oxygens (including phenoxy) is 2. The Bertz CT molecular complexity index is 594. The molecule has 1 saturated heterocycles. The van der Waals surface area contributed by atoms with E-state index < -0.39 is 0 Å². The third-order valence-corrected chi connectivity index (χ3v) is 3.40. The van der Waals surface area contributed by atoms with Crippen LogP contribution < -0.4 is 9.47 Å². The van der Waals surface area contributed by atoms with Crippen LogP contribution in [0.3, 0.4) is 0 Å². The lowest BCUT2D eigenvalue weighted by Crippen LogP contribution is -2.11. The quantitative estimate of drug-likeness (QED) is 0.770. The van der Waals surface area contributed by atoms with Crippen LogP contribution in [0.5, 0.6) is 11.6 Å².